The molecule has 4 N–H and O–H groups in total. The minimum absolute atomic E-state index is 0.0520. The smallest absolute Gasteiger partial charge is 0.330 e. The lowest BCUT2D eigenvalue weighted by molar-refractivity contribution is -0.118. The highest BCUT2D eigenvalue weighted by molar-refractivity contribution is 7.08. The van der Waals surface area contributed by atoms with Gasteiger partial charge in [0.2, 0.25) is 5.91 Å². The van der Waals surface area contributed by atoms with Crippen LogP contribution >= 0.6 is 11.3 Å². The van der Waals surface area contributed by atoms with Crippen molar-refractivity contribution in [2.45, 2.75) is 39.3 Å². The average molecular weight is 460 g/mol. The van der Waals surface area contributed by atoms with Gasteiger partial charge in [-0.05, 0) is 30.0 Å². The highest BCUT2D eigenvalue weighted by Crippen LogP contribution is 2.21. The second-order valence-corrected chi connectivity index (χ2v) is 7.86. The van der Waals surface area contributed by atoms with Gasteiger partial charge in [-0.1, -0.05) is 13.3 Å². The predicted octanol–water partition coefficient (Wildman–Crippen LogP) is 1.93. The van der Waals surface area contributed by atoms with Crippen molar-refractivity contribution in [3.05, 3.63) is 67.4 Å². The number of aromatic amines is 1. The largest absolute Gasteiger partial charge is 0.467 e. The van der Waals surface area contributed by atoms with Gasteiger partial charge in [0.25, 0.3) is 11.5 Å². The van der Waals surface area contributed by atoms with Crippen LogP contribution in [0.5, 0.6) is 0 Å². The predicted molar refractivity (Wildman–Crippen MR) is 122 cm³/mol. The van der Waals surface area contributed by atoms with Gasteiger partial charge in [-0.15, -0.1) is 0 Å². The van der Waals surface area contributed by atoms with Crippen LogP contribution in [-0.2, 0) is 17.9 Å². The minimum Gasteiger partial charge on any atom is -0.467 e. The van der Waals surface area contributed by atoms with Crippen LogP contribution in [0.3, 0.4) is 0 Å². The summed E-state index contributed by atoms with van der Waals surface area (Å²) >= 11 is 1.40. The summed E-state index contributed by atoms with van der Waals surface area (Å²) in [4.78, 5) is 53.5. The van der Waals surface area contributed by atoms with Gasteiger partial charge in [0.1, 0.15) is 11.6 Å². The quantitative estimate of drug-likeness (QED) is 0.423. The first-order valence-electron chi connectivity index (χ1n) is 10.2. The Morgan fingerprint density at radius 2 is 2.12 bits per heavy atom. The molecular formula is C21H25N5O5S. The van der Waals surface area contributed by atoms with Crippen LogP contribution < -0.4 is 27.2 Å². The number of unbranched alkanes of at least 4 members (excludes halogenated alkanes) is 1. The second kappa shape index (κ2) is 10.6. The number of furan rings is 1. The van der Waals surface area contributed by atoms with Crippen molar-refractivity contribution < 1.29 is 14.0 Å². The van der Waals surface area contributed by atoms with Crippen LogP contribution in [0.25, 0.3) is 0 Å². The monoisotopic (exact) mass is 459 g/mol. The van der Waals surface area contributed by atoms with Gasteiger partial charge < -0.3 is 15.5 Å². The molecule has 0 aliphatic rings. The zero-order valence-corrected chi connectivity index (χ0v) is 18.4. The molecule has 11 heteroatoms. The molecule has 10 nitrogen and oxygen atoms in total. The van der Waals surface area contributed by atoms with E-state index in [1.807, 2.05) is 6.92 Å². The lowest BCUT2D eigenvalue weighted by Gasteiger charge is -2.24. The molecule has 0 aliphatic heterocycles. The van der Waals surface area contributed by atoms with Crippen LogP contribution in [0.2, 0.25) is 0 Å². The number of aromatic nitrogens is 2. The Morgan fingerprint density at radius 1 is 1.31 bits per heavy atom. The highest BCUT2D eigenvalue weighted by Gasteiger charge is 2.25. The highest BCUT2D eigenvalue weighted by atomic mass is 32.1. The number of anilines is 2. The molecule has 32 heavy (non-hydrogen) atoms. The van der Waals surface area contributed by atoms with Gasteiger partial charge in [-0.2, -0.15) is 11.3 Å². The molecule has 0 aromatic carbocycles. The van der Waals surface area contributed by atoms with Crippen LogP contribution in [-0.4, -0.2) is 27.9 Å². The van der Waals surface area contributed by atoms with Crippen molar-refractivity contribution in [2.24, 2.45) is 0 Å². The Hall–Kier alpha value is -3.60. The van der Waals surface area contributed by atoms with Crippen LogP contribution in [0, 0.1) is 0 Å². The molecule has 3 aromatic rings. The van der Waals surface area contributed by atoms with Crippen LogP contribution in [0.15, 0.2) is 49.2 Å². The zero-order valence-electron chi connectivity index (χ0n) is 17.6. The fraction of sp³-hybridized carbons (Fsp3) is 0.333. The van der Waals surface area contributed by atoms with E-state index in [9.17, 15) is 19.2 Å². The normalized spacial score (nSPS) is 10.8. The summed E-state index contributed by atoms with van der Waals surface area (Å²) in [7, 11) is 0. The Morgan fingerprint density at radius 3 is 2.78 bits per heavy atom. The number of hydrogen-bond acceptors (Lipinski definition) is 7. The maximum Gasteiger partial charge on any atom is 0.330 e. The number of thiophene rings is 1. The molecule has 2 amide bonds. The molecule has 0 unspecified atom stereocenters. The van der Waals surface area contributed by atoms with Crippen molar-refractivity contribution in [2.75, 3.05) is 17.2 Å². The molecule has 0 saturated heterocycles. The number of rotatable bonds is 10. The van der Waals surface area contributed by atoms with E-state index in [1.165, 1.54) is 27.1 Å². The molecule has 0 radical (unpaired) electrons. The second-order valence-electron chi connectivity index (χ2n) is 7.08. The molecule has 3 heterocycles. The Labute approximate surface area is 187 Å². The van der Waals surface area contributed by atoms with Crippen molar-refractivity contribution in [1.82, 2.24) is 14.9 Å². The fourth-order valence-electron chi connectivity index (χ4n) is 3.14. The summed E-state index contributed by atoms with van der Waals surface area (Å²) in [5.41, 5.74) is 5.19. The summed E-state index contributed by atoms with van der Waals surface area (Å²) in [5, 5.41) is 6.18. The van der Waals surface area contributed by atoms with E-state index < -0.39 is 17.2 Å². The van der Waals surface area contributed by atoms with Crippen LogP contribution in [0.1, 0.15) is 42.3 Å². The number of carbonyl (C=O) groups is 2. The Bertz CT molecular complexity index is 1160. The molecule has 0 aliphatic carbocycles. The van der Waals surface area contributed by atoms with Crippen molar-refractivity contribution in [3.8, 4) is 0 Å². The van der Waals surface area contributed by atoms with E-state index in [-0.39, 0.29) is 36.9 Å². The first-order chi connectivity index (χ1) is 15.4. The van der Waals surface area contributed by atoms with E-state index in [4.69, 9.17) is 10.2 Å². The molecule has 0 spiro atoms. The van der Waals surface area contributed by atoms with Gasteiger partial charge in [-0.25, -0.2) is 4.79 Å². The van der Waals surface area contributed by atoms with Crippen molar-refractivity contribution in [3.63, 3.8) is 0 Å². The van der Waals surface area contributed by atoms with Gasteiger partial charge >= 0.3 is 5.69 Å². The summed E-state index contributed by atoms with van der Waals surface area (Å²) < 4.78 is 6.59. The number of nitrogens with one attached hydrogen (secondary N) is 2. The lowest BCUT2D eigenvalue weighted by atomic mass is 10.2. The van der Waals surface area contributed by atoms with Gasteiger partial charge in [-0.3, -0.25) is 28.8 Å². The van der Waals surface area contributed by atoms with E-state index in [0.717, 1.165) is 6.42 Å². The number of H-pyrrole nitrogens is 1. The zero-order chi connectivity index (χ0) is 23.1. The molecule has 170 valence electrons. The van der Waals surface area contributed by atoms with Gasteiger partial charge in [0, 0.05) is 30.5 Å². The topological polar surface area (TPSA) is 143 Å². The number of hydrogen-bond donors (Lipinski definition) is 3. The van der Waals surface area contributed by atoms with Crippen molar-refractivity contribution in [1.29, 1.82) is 0 Å². The first-order valence-corrected chi connectivity index (χ1v) is 11.1. The third kappa shape index (κ3) is 5.35. The maximum absolute atomic E-state index is 13.1. The summed E-state index contributed by atoms with van der Waals surface area (Å²) in [6.45, 7) is 2.29. The van der Waals surface area contributed by atoms with Crippen molar-refractivity contribution >= 4 is 34.7 Å². The lowest BCUT2D eigenvalue weighted by Crippen LogP contribution is -2.41. The van der Waals surface area contributed by atoms with Gasteiger partial charge in [0.15, 0.2) is 5.69 Å². The van der Waals surface area contributed by atoms with E-state index >= 15 is 0 Å². The maximum atomic E-state index is 13.1. The minimum atomic E-state index is -0.762. The number of amides is 2. The Kier molecular flexibility index (Phi) is 7.66. The first kappa shape index (κ1) is 23.1. The Balaban J connectivity index is 1.86. The van der Waals surface area contributed by atoms with E-state index in [1.54, 1.807) is 29.0 Å². The molecule has 3 rings (SSSR count). The molecule has 0 saturated carbocycles. The fourth-order valence-corrected chi connectivity index (χ4v) is 3.78. The SMILES string of the molecule is CCCCn1c(N)c(N(Cc2ccco2)C(=O)CCNC(=O)c2ccsc2)c(=O)[nH]c1=O. The molecule has 0 atom stereocenters. The number of carbonyl (C=O) groups excluding carboxylic acids is 2. The molecular weight excluding hydrogens is 434 g/mol. The molecule has 0 bridgehead atoms. The molecule has 3 aromatic heterocycles. The third-order valence-corrected chi connectivity index (χ3v) is 5.51. The van der Waals surface area contributed by atoms with Gasteiger partial charge in [0.05, 0.1) is 12.8 Å². The standard InChI is InChI=1S/C21H25N5O5S/c1-2-3-9-25-18(22)17(20(29)24-21(25)30)26(12-15-5-4-10-31-15)16(27)6-8-23-19(28)14-7-11-32-13-14/h4-5,7,10-11,13H,2-3,6,8-9,12,22H2,1H3,(H,23,28)(H,24,29,30). The van der Waals surface area contributed by atoms with E-state index in [2.05, 4.69) is 10.3 Å². The molecule has 0 fully saturated rings. The summed E-state index contributed by atoms with van der Waals surface area (Å²) in [6.07, 6.45) is 2.87. The third-order valence-electron chi connectivity index (χ3n) is 4.82. The van der Waals surface area contributed by atoms with E-state index in [0.29, 0.717) is 24.3 Å². The number of nitrogens with two attached hydrogens (primary N) is 1. The summed E-state index contributed by atoms with van der Waals surface area (Å²) in [5.74, 6) is -0.396. The number of nitrogen functional groups attached to an aromatic ring is 1. The van der Waals surface area contributed by atoms with Crippen LogP contribution in [0.4, 0.5) is 11.5 Å². The number of nitrogens with zero attached hydrogens (tertiary/aromatic N) is 2. The summed E-state index contributed by atoms with van der Waals surface area (Å²) in [6, 6.07) is 5.01. The average Bonchev–Trinajstić information content (AvgIpc) is 3.47.